The van der Waals surface area contributed by atoms with E-state index in [1.54, 1.807) is 6.33 Å². The third-order valence-electron chi connectivity index (χ3n) is 2.89. The molecule has 16 heavy (non-hydrogen) atoms. The average molecular weight is 221 g/mol. The summed E-state index contributed by atoms with van der Waals surface area (Å²) in [6.45, 7) is 6.20. The molecule has 0 atom stereocenters. The highest BCUT2D eigenvalue weighted by molar-refractivity contribution is 5.40. The average Bonchev–Trinajstić information content (AvgIpc) is 2.14. The molecule has 0 amide bonds. The van der Waals surface area contributed by atoms with Gasteiger partial charge in [0.05, 0.1) is 6.10 Å². The lowest BCUT2D eigenvalue weighted by atomic mass is 9.78. The molecular formula is C12H19N3O. The number of nitrogens with one attached hydrogen (secondary N) is 1. The lowest BCUT2D eigenvalue weighted by molar-refractivity contribution is 0.232. The number of rotatable bonds is 4. The maximum atomic E-state index is 5.53. The van der Waals surface area contributed by atoms with E-state index in [0.29, 0.717) is 5.88 Å². The fourth-order valence-electron chi connectivity index (χ4n) is 1.86. The quantitative estimate of drug-likeness (QED) is 0.849. The van der Waals surface area contributed by atoms with Crippen LogP contribution >= 0.6 is 0 Å². The van der Waals surface area contributed by atoms with Gasteiger partial charge in [0, 0.05) is 11.6 Å². The summed E-state index contributed by atoms with van der Waals surface area (Å²) >= 11 is 0. The van der Waals surface area contributed by atoms with Gasteiger partial charge in [-0.05, 0) is 40.0 Å². The fourth-order valence-corrected chi connectivity index (χ4v) is 1.86. The van der Waals surface area contributed by atoms with Gasteiger partial charge in [-0.25, -0.2) is 9.97 Å². The Balaban J connectivity index is 2.04. The van der Waals surface area contributed by atoms with Crippen molar-refractivity contribution < 1.29 is 4.74 Å². The highest BCUT2D eigenvalue weighted by atomic mass is 16.5. The monoisotopic (exact) mass is 221 g/mol. The van der Waals surface area contributed by atoms with Gasteiger partial charge >= 0.3 is 0 Å². The summed E-state index contributed by atoms with van der Waals surface area (Å²) in [4.78, 5) is 8.29. The predicted molar refractivity (Wildman–Crippen MR) is 63.7 cm³/mol. The van der Waals surface area contributed by atoms with Crippen LogP contribution in [0, 0.1) is 0 Å². The van der Waals surface area contributed by atoms with Crippen molar-refractivity contribution >= 4 is 5.82 Å². The van der Waals surface area contributed by atoms with Gasteiger partial charge in [-0.15, -0.1) is 0 Å². The number of hydrogen-bond acceptors (Lipinski definition) is 4. The van der Waals surface area contributed by atoms with Gasteiger partial charge in [0.1, 0.15) is 12.1 Å². The second-order valence-corrected chi connectivity index (χ2v) is 4.95. The second-order valence-electron chi connectivity index (χ2n) is 4.95. The van der Waals surface area contributed by atoms with E-state index in [1.807, 2.05) is 19.9 Å². The molecule has 0 bridgehead atoms. The molecule has 0 aliphatic heterocycles. The van der Waals surface area contributed by atoms with Gasteiger partial charge in [0.2, 0.25) is 5.88 Å². The number of nitrogens with zero attached hydrogens (tertiary/aromatic N) is 2. The minimum absolute atomic E-state index is 0.141. The standard InChI is InChI=1S/C12H19N3O/c1-9(2)16-11-7-10(13-8-14-11)15-12(3)5-4-6-12/h7-9H,4-6H2,1-3H3,(H,13,14,15). The van der Waals surface area contributed by atoms with E-state index >= 15 is 0 Å². The Morgan fingerprint density at radius 3 is 2.69 bits per heavy atom. The van der Waals surface area contributed by atoms with E-state index in [4.69, 9.17) is 4.74 Å². The Labute approximate surface area is 96.4 Å². The molecule has 1 aromatic heterocycles. The van der Waals surface area contributed by atoms with Crippen LogP contribution in [0.25, 0.3) is 0 Å². The highest BCUT2D eigenvalue weighted by Crippen LogP contribution is 2.34. The Morgan fingerprint density at radius 1 is 1.38 bits per heavy atom. The molecule has 4 nitrogen and oxygen atoms in total. The van der Waals surface area contributed by atoms with Crippen LogP contribution in [0.2, 0.25) is 0 Å². The molecule has 0 saturated heterocycles. The van der Waals surface area contributed by atoms with Crippen LogP contribution in [-0.2, 0) is 0 Å². The number of anilines is 1. The second kappa shape index (κ2) is 4.28. The Morgan fingerprint density at radius 2 is 2.12 bits per heavy atom. The van der Waals surface area contributed by atoms with Gasteiger partial charge in [-0.3, -0.25) is 0 Å². The first-order valence-electron chi connectivity index (χ1n) is 5.84. The van der Waals surface area contributed by atoms with E-state index in [9.17, 15) is 0 Å². The molecule has 1 aliphatic rings. The van der Waals surface area contributed by atoms with Crippen LogP contribution in [0.15, 0.2) is 12.4 Å². The van der Waals surface area contributed by atoms with Crippen molar-refractivity contribution in [2.75, 3.05) is 5.32 Å². The van der Waals surface area contributed by atoms with E-state index in [2.05, 4.69) is 22.2 Å². The van der Waals surface area contributed by atoms with Gasteiger partial charge in [-0.1, -0.05) is 0 Å². The van der Waals surface area contributed by atoms with Gasteiger partial charge < -0.3 is 10.1 Å². The van der Waals surface area contributed by atoms with Gasteiger partial charge in [0.25, 0.3) is 0 Å². The normalized spacial score (nSPS) is 18.0. The minimum Gasteiger partial charge on any atom is -0.475 e. The van der Waals surface area contributed by atoms with E-state index in [1.165, 1.54) is 19.3 Å². The molecule has 1 fully saturated rings. The molecule has 1 aliphatic carbocycles. The number of ether oxygens (including phenoxy) is 1. The van der Waals surface area contributed by atoms with Crippen molar-refractivity contribution in [2.45, 2.75) is 51.7 Å². The molecule has 1 aromatic rings. The third-order valence-corrected chi connectivity index (χ3v) is 2.89. The maximum Gasteiger partial charge on any atom is 0.218 e. The van der Waals surface area contributed by atoms with Crippen molar-refractivity contribution in [3.8, 4) is 5.88 Å². The summed E-state index contributed by atoms with van der Waals surface area (Å²) in [5, 5.41) is 3.44. The molecule has 2 rings (SSSR count). The third kappa shape index (κ3) is 2.62. The van der Waals surface area contributed by atoms with Crippen LogP contribution in [0.1, 0.15) is 40.0 Å². The van der Waals surface area contributed by atoms with Crippen molar-refractivity contribution in [3.05, 3.63) is 12.4 Å². The molecule has 0 unspecified atom stereocenters. The zero-order chi connectivity index (χ0) is 11.6. The highest BCUT2D eigenvalue weighted by Gasteiger charge is 2.31. The van der Waals surface area contributed by atoms with Crippen LogP contribution in [0.4, 0.5) is 5.82 Å². The zero-order valence-electron chi connectivity index (χ0n) is 10.2. The van der Waals surface area contributed by atoms with Crippen molar-refractivity contribution in [1.82, 2.24) is 9.97 Å². The van der Waals surface area contributed by atoms with Crippen LogP contribution in [0.3, 0.4) is 0 Å². The summed E-state index contributed by atoms with van der Waals surface area (Å²) < 4.78 is 5.53. The Kier molecular flexibility index (Phi) is 2.99. The summed E-state index contributed by atoms with van der Waals surface area (Å²) in [5.74, 6) is 1.49. The van der Waals surface area contributed by atoms with E-state index < -0.39 is 0 Å². The first-order valence-corrected chi connectivity index (χ1v) is 5.84. The maximum absolute atomic E-state index is 5.53. The summed E-state index contributed by atoms with van der Waals surface area (Å²) in [6.07, 6.45) is 5.39. The lowest BCUT2D eigenvalue weighted by Gasteiger charge is -2.39. The molecule has 1 saturated carbocycles. The largest absolute Gasteiger partial charge is 0.475 e. The molecule has 0 radical (unpaired) electrons. The smallest absolute Gasteiger partial charge is 0.218 e. The lowest BCUT2D eigenvalue weighted by Crippen LogP contribution is -2.41. The molecular weight excluding hydrogens is 202 g/mol. The molecule has 0 aromatic carbocycles. The molecule has 1 N–H and O–H groups in total. The van der Waals surface area contributed by atoms with E-state index in [0.717, 1.165) is 5.82 Å². The predicted octanol–water partition coefficient (Wildman–Crippen LogP) is 2.62. The van der Waals surface area contributed by atoms with Crippen LogP contribution in [-0.4, -0.2) is 21.6 Å². The van der Waals surface area contributed by atoms with Crippen molar-refractivity contribution in [1.29, 1.82) is 0 Å². The van der Waals surface area contributed by atoms with Crippen LogP contribution in [0.5, 0.6) is 5.88 Å². The van der Waals surface area contributed by atoms with Gasteiger partial charge in [-0.2, -0.15) is 0 Å². The molecule has 0 spiro atoms. The molecule has 1 heterocycles. The van der Waals surface area contributed by atoms with Crippen LogP contribution < -0.4 is 10.1 Å². The first kappa shape index (κ1) is 11.2. The molecule has 4 heteroatoms. The number of hydrogen-bond donors (Lipinski definition) is 1. The topological polar surface area (TPSA) is 47.0 Å². The van der Waals surface area contributed by atoms with Crippen molar-refractivity contribution in [2.24, 2.45) is 0 Å². The zero-order valence-corrected chi connectivity index (χ0v) is 10.2. The SMILES string of the molecule is CC(C)Oc1cc(NC2(C)CCC2)ncn1. The van der Waals surface area contributed by atoms with Gasteiger partial charge in [0.15, 0.2) is 0 Å². The molecule has 88 valence electrons. The Hall–Kier alpha value is -1.32. The first-order chi connectivity index (χ1) is 7.57. The minimum atomic E-state index is 0.141. The fraction of sp³-hybridized carbons (Fsp3) is 0.667. The summed E-state index contributed by atoms with van der Waals surface area (Å²) in [7, 11) is 0. The number of aromatic nitrogens is 2. The summed E-state index contributed by atoms with van der Waals surface area (Å²) in [5.41, 5.74) is 0.212. The van der Waals surface area contributed by atoms with Crippen molar-refractivity contribution in [3.63, 3.8) is 0 Å². The Bertz CT molecular complexity index is 361. The summed E-state index contributed by atoms with van der Waals surface area (Å²) in [6, 6.07) is 1.86. The van der Waals surface area contributed by atoms with E-state index in [-0.39, 0.29) is 11.6 Å².